The van der Waals surface area contributed by atoms with Gasteiger partial charge in [0, 0.05) is 29.9 Å². The van der Waals surface area contributed by atoms with Gasteiger partial charge < -0.3 is 25.0 Å². The van der Waals surface area contributed by atoms with Gasteiger partial charge >= 0.3 is 0 Å². The second-order valence-corrected chi connectivity index (χ2v) is 6.58. The normalized spacial score (nSPS) is 14.3. The van der Waals surface area contributed by atoms with E-state index in [9.17, 15) is 9.59 Å². The van der Waals surface area contributed by atoms with Crippen LogP contribution in [0.1, 0.15) is 22.8 Å². The molecule has 142 valence electrons. The third-order valence-electron chi connectivity index (χ3n) is 4.70. The molecular weight excluding hydrogens is 346 g/mol. The first kappa shape index (κ1) is 18.7. The number of nitrogens with one attached hydrogen (secondary N) is 3. The van der Waals surface area contributed by atoms with Gasteiger partial charge in [-0.3, -0.25) is 9.59 Å². The van der Waals surface area contributed by atoms with Crippen molar-refractivity contribution < 1.29 is 24.0 Å². The smallest absolute Gasteiger partial charge is 0.282 e. The molecule has 0 saturated heterocycles. The van der Waals surface area contributed by atoms with E-state index < -0.39 is 0 Å². The number of amides is 2. The molecule has 0 aromatic heterocycles. The monoisotopic (exact) mass is 370 g/mol. The zero-order valence-electron chi connectivity index (χ0n) is 15.7. The molecule has 0 saturated carbocycles. The number of rotatable bonds is 6. The Morgan fingerprint density at radius 3 is 2.52 bits per heavy atom. The lowest BCUT2D eigenvalue weighted by atomic mass is 10.1. The van der Waals surface area contributed by atoms with Crippen molar-refractivity contribution in [3.63, 3.8) is 0 Å². The molecule has 2 amide bonds. The first-order chi connectivity index (χ1) is 13.0. The molecule has 3 rings (SSSR count). The zero-order valence-corrected chi connectivity index (χ0v) is 15.7. The molecule has 7 nitrogen and oxygen atoms in total. The van der Waals surface area contributed by atoms with Crippen LogP contribution < -0.4 is 25.0 Å². The molecule has 0 spiro atoms. The number of likely N-dealkylation sites (N-methyl/N-ethyl adjacent to an activating group) is 1. The van der Waals surface area contributed by atoms with Crippen molar-refractivity contribution in [2.45, 2.75) is 19.5 Å². The van der Waals surface area contributed by atoms with Gasteiger partial charge in [-0.05, 0) is 31.2 Å². The summed E-state index contributed by atoms with van der Waals surface area (Å²) in [5, 5.41) is 5.52. The Balaban J connectivity index is 1.58. The lowest BCUT2D eigenvalue weighted by Crippen LogP contribution is -3.12. The number of benzene rings is 2. The number of carbonyl (C=O) groups excluding carboxylic acids is 2. The van der Waals surface area contributed by atoms with E-state index in [0.29, 0.717) is 29.3 Å². The van der Waals surface area contributed by atoms with E-state index in [-0.39, 0.29) is 24.6 Å². The van der Waals surface area contributed by atoms with Crippen LogP contribution in [-0.4, -0.2) is 38.7 Å². The Kier molecular flexibility index (Phi) is 5.61. The number of carbonyl (C=O) groups is 2. The van der Waals surface area contributed by atoms with E-state index in [4.69, 9.17) is 9.47 Å². The zero-order chi connectivity index (χ0) is 19.4. The maximum Gasteiger partial charge on any atom is 0.282 e. The van der Waals surface area contributed by atoms with Crippen molar-refractivity contribution in [1.82, 2.24) is 5.32 Å². The Morgan fingerprint density at radius 2 is 1.81 bits per heavy atom. The van der Waals surface area contributed by atoms with Crippen LogP contribution in [0.5, 0.6) is 11.5 Å². The van der Waals surface area contributed by atoms with Gasteiger partial charge in [0.25, 0.3) is 11.8 Å². The van der Waals surface area contributed by atoms with Crippen LogP contribution in [0.4, 0.5) is 5.69 Å². The second-order valence-electron chi connectivity index (χ2n) is 6.58. The summed E-state index contributed by atoms with van der Waals surface area (Å²) in [7, 11) is 3.57. The molecule has 2 atom stereocenters. The van der Waals surface area contributed by atoms with Crippen molar-refractivity contribution in [2.75, 3.05) is 26.2 Å². The Bertz CT molecular complexity index is 836. The molecule has 0 aliphatic carbocycles. The predicted octanol–water partition coefficient (Wildman–Crippen LogP) is 0.817. The molecule has 7 heteroatoms. The molecular formula is C20H24N3O4+. The molecule has 27 heavy (non-hydrogen) atoms. The van der Waals surface area contributed by atoms with Crippen LogP contribution in [0.15, 0.2) is 42.5 Å². The average Bonchev–Trinajstić information content (AvgIpc) is 3.15. The molecule has 1 aliphatic heterocycles. The van der Waals surface area contributed by atoms with Gasteiger partial charge in [0.15, 0.2) is 17.5 Å². The molecule has 2 aromatic carbocycles. The summed E-state index contributed by atoms with van der Waals surface area (Å²) in [6, 6.07) is 12.5. The Labute approximate surface area is 158 Å². The summed E-state index contributed by atoms with van der Waals surface area (Å²) < 4.78 is 10.6. The Morgan fingerprint density at radius 1 is 1.11 bits per heavy atom. The predicted molar refractivity (Wildman–Crippen MR) is 101 cm³/mol. The van der Waals surface area contributed by atoms with E-state index >= 15 is 0 Å². The summed E-state index contributed by atoms with van der Waals surface area (Å²) in [5.74, 6) is 1.13. The van der Waals surface area contributed by atoms with Gasteiger partial charge in [-0.25, -0.2) is 0 Å². The number of anilines is 1. The van der Waals surface area contributed by atoms with E-state index in [1.807, 2.05) is 26.1 Å². The minimum Gasteiger partial charge on any atom is -0.454 e. The molecule has 1 heterocycles. The molecule has 0 fully saturated rings. The largest absolute Gasteiger partial charge is 0.454 e. The minimum absolute atomic E-state index is 0.0756. The van der Waals surface area contributed by atoms with E-state index in [1.165, 1.54) is 0 Å². The van der Waals surface area contributed by atoms with Crippen LogP contribution in [0.3, 0.4) is 0 Å². The SMILES string of the molecule is CNC(=O)c1ccc(C[NH+](C)[C@@H](C)C(=O)Nc2ccc3c(c2)OCO3)cc1. The van der Waals surface area contributed by atoms with Crippen LogP contribution in [0.2, 0.25) is 0 Å². The maximum absolute atomic E-state index is 12.6. The average molecular weight is 370 g/mol. The van der Waals surface area contributed by atoms with Gasteiger partial charge in [0.05, 0.1) is 7.05 Å². The molecule has 1 unspecified atom stereocenters. The summed E-state index contributed by atoms with van der Waals surface area (Å²) in [4.78, 5) is 25.2. The topological polar surface area (TPSA) is 81.1 Å². The van der Waals surface area contributed by atoms with Gasteiger partial charge in [0.1, 0.15) is 6.54 Å². The number of ether oxygens (including phenoxy) is 2. The quantitative estimate of drug-likeness (QED) is 0.703. The first-order valence-electron chi connectivity index (χ1n) is 8.82. The lowest BCUT2D eigenvalue weighted by Gasteiger charge is -2.21. The highest BCUT2D eigenvalue weighted by molar-refractivity contribution is 5.94. The summed E-state index contributed by atoms with van der Waals surface area (Å²) in [5.41, 5.74) is 2.36. The van der Waals surface area contributed by atoms with Crippen molar-refractivity contribution in [2.24, 2.45) is 0 Å². The highest BCUT2D eigenvalue weighted by atomic mass is 16.7. The van der Waals surface area contributed by atoms with Crippen LogP contribution in [-0.2, 0) is 11.3 Å². The summed E-state index contributed by atoms with van der Waals surface area (Å²) >= 11 is 0. The summed E-state index contributed by atoms with van der Waals surface area (Å²) in [6.07, 6.45) is 0. The fourth-order valence-corrected chi connectivity index (χ4v) is 2.84. The van der Waals surface area contributed by atoms with Gasteiger partial charge in [0.2, 0.25) is 6.79 Å². The molecule has 0 radical (unpaired) electrons. The highest BCUT2D eigenvalue weighted by Gasteiger charge is 2.23. The molecule has 2 aromatic rings. The third-order valence-corrected chi connectivity index (χ3v) is 4.70. The lowest BCUT2D eigenvalue weighted by molar-refractivity contribution is -0.907. The highest BCUT2D eigenvalue weighted by Crippen LogP contribution is 2.34. The van der Waals surface area contributed by atoms with Crippen LogP contribution >= 0.6 is 0 Å². The number of hydrogen-bond donors (Lipinski definition) is 3. The second kappa shape index (κ2) is 8.09. The molecule has 0 bridgehead atoms. The molecule has 1 aliphatic rings. The Hall–Kier alpha value is -3.06. The molecule has 3 N–H and O–H groups in total. The number of quaternary nitrogens is 1. The standard InChI is InChI=1S/C20H23N3O4/c1-13(19(24)22-16-8-9-17-18(10-16)27-12-26-17)23(3)11-14-4-6-15(7-5-14)20(25)21-2/h4-10,13H,11-12H2,1-3H3,(H,21,25)(H,22,24)/p+1/t13-/m0/s1. The fourth-order valence-electron chi connectivity index (χ4n) is 2.84. The maximum atomic E-state index is 12.6. The minimum atomic E-state index is -0.256. The van der Waals surface area contributed by atoms with Gasteiger partial charge in [-0.15, -0.1) is 0 Å². The summed E-state index contributed by atoms with van der Waals surface area (Å²) in [6.45, 7) is 2.76. The van der Waals surface area contributed by atoms with Crippen molar-refractivity contribution in [3.8, 4) is 11.5 Å². The van der Waals surface area contributed by atoms with E-state index in [2.05, 4.69) is 10.6 Å². The van der Waals surface area contributed by atoms with Gasteiger partial charge in [-0.2, -0.15) is 0 Å². The van der Waals surface area contributed by atoms with E-state index in [1.54, 1.807) is 37.4 Å². The van der Waals surface area contributed by atoms with Gasteiger partial charge in [-0.1, -0.05) is 12.1 Å². The van der Waals surface area contributed by atoms with Crippen LogP contribution in [0, 0.1) is 0 Å². The van der Waals surface area contributed by atoms with E-state index in [0.717, 1.165) is 10.5 Å². The van der Waals surface area contributed by atoms with Crippen molar-refractivity contribution in [1.29, 1.82) is 0 Å². The first-order valence-corrected chi connectivity index (χ1v) is 8.82. The number of fused-ring (bicyclic) bond motifs is 1. The number of hydrogen-bond acceptors (Lipinski definition) is 4. The van der Waals surface area contributed by atoms with Crippen LogP contribution in [0.25, 0.3) is 0 Å². The fraction of sp³-hybridized carbons (Fsp3) is 0.300. The third kappa shape index (κ3) is 4.38. The van der Waals surface area contributed by atoms with Crippen molar-refractivity contribution >= 4 is 17.5 Å². The van der Waals surface area contributed by atoms with Crippen molar-refractivity contribution in [3.05, 3.63) is 53.6 Å².